The molecular weight excluding hydrogens is 292 g/mol. The molecule has 2 N–H and O–H groups in total. The van der Waals surface area contributed by atoms with Crippen LogP contribution in [0.1, 0.15) is 24.8 Å². The highest BCUT2D eigenvalue weighted by Crippen LogP contribution is 2.24. The summed E-state index contributed by atoms with van der Waals surface area (Å²) in [6.45, 7) is 4.28. The van der Waals surface area contributed by atoms with Crippen molar-refractivity contribution in [3.05, 3.63) is 35.9 Å². The van der Waals surface area contributed by atoms with E-state index in [1.807, 2.05) is 47.0 Å². The van der Waals surface area contributed by atoms with Crippen molar-refractivity contribution in [1.82, 2.24) is 4.90 Å². The third kappa shape index (κ3) is 4.14. The second-order valence-corrected chi connectivity index (χ2v) is 6.29. The summed E-state index contributed by atoms with van der Waals surface area (Å²) >= 11 is 1.97. The molecule has 1 amide bonds. The minimum Gasteiger partial charge on any atom is -0.340 e. The van der Waals surface area contributed by atoms with Gasteiger partial charge in [-0.15, -0.1) is 12.4 Å². The summed E-state index contributed by atoms with van der Waals surface area (Å²) in [5.41, 5.74) is 6.86. The van der Waals surface area contributed by atoms with Crippen LogP contribution in [0, 0.1) is 0 Å². The molecule has 5 heteroatoms. The molecule has 112 valence electrons. The number of amides is 1. The van der Waals surface area contributed by atoms with Crippen molar-refractivity contribution in [3.8, 4) is 0 Å². The number of thioether (sulfide) groups is 1. The largest absolute Gasteiger partial charge is 0.340 e. The number of rotatable bonds is 4. The predicted molar refractivity (Wildman–Crippen MR) is 88.6 cm³/mol. The first kappa shape index (κ1) is 17.3. The van der Waals surface area contributed by atoms with E-state index in [0.717, 1.165) is 30.8 Å². The van der Waals surface area contributed by atoms with E-state index in [0.29, 0.717) is 11.8 Å². The summed E-state index contributed by atoms with van der Waals surface area (Å²) in [6, 6.07) is 9.88. The number of nitrogens with zero attached hydrogens (tertiary/aromatic N) is 1. The lowest BCUT2D eigenvalue weighted by Gasteiger charge is -2.34. The van der Waals surface area contributed by atoms with E-state index in [2.05, 4.69) is 6.92 Å². The van der Waals surface area contributed by atoms with E-state index in [-0.39, 0.29) is 24.2 Å². The van der Waals surface area contributed by atoms with Gasteiger partial charge in [-0.25, -0.2) is 0 Å². The van der Waals surface area contributed by atoms with Crippen LogP contribution in [0.5, 0.6) is 0 Å². The maximum Gasteiger partial charge on any atom is 0.231 e. The Morgan fingerprint density at radius 3 is 2.75 bits per heavy atom. The Morgan fingerprint density at radius 1 is 1.45 bits per heavy atom. The van der Waals surface area contributed by atoms with Gasteiger partial charge in [0.2, 0.25) is 5.91 Å². The van der Waals surface area contributed by atoms with E-state index >= 15 is 0 Å². The molecule has 2 unspecified atom stereocenters. The molecule has 1 aliphatic rings. The maximum atomic E-state index is 12.6. The molecule has 2 rings (SSSR count). The van der Waals surface area contributed by atoms with Gasteiger partial charge < -0.3 is 10.6 Å². The minimum atomic E-state index is -0.193. The lowest BCUT2D eigenvalue weighted by molar-refractivity contribution is -0.132. The molecule has 0 radical (unpaired) electrons. The summed E-state index contributed by atoms with van der Waals surface area (Å²) in [6.07, 6.45) is 1.12. The molecule has 1 aromatic carbocycles. The SMILES string of the molecule is CCC1CN(C(=O)C(CN)c2ccccc2)CCS1.Cl. The maximum absolute atomic E-state index is 12.6. The number of hydrogen-bond donors (Lipinski definition) is 1. The van der Waals surface area contributed by atoms with E-state index in [4.69, 9.17) is 5.73 Å². The Bertz CT molecular complexity index is 416. The zero-order chi connectivity index (χ0) is 13.7. The van der Waals surface area contributed by atoms with Crippen LogP contribution in [-0.2, 0) is 4.79 Å². The van der Waals surface area contributed by atoms with Crippen LogP contribution in [0.3, 0.4) is 0 Å². The Hall–Kier alpha value is -0.710. The zero-order valence-corrected chi connectivity index (χ0v) is 13.5. The fraction of sp³-hybridized carbons (Fsp3) is 0.533. The first-order chi connectivity index (χ1) is 9.26. The molecule has 0 bridgehead atoms. The van der Waals surface area contributed by atoms with Crippen molar-refractivity contribution in [2.45, 2.75) is 24.5 Å². The smallest absolute Gasteiger partial charge is 0.231 e. The highest BCUT2D eigenvalue weighted by atomic mass is 35.5. The molecule has 0 aliphatic carbocycles. The first-order valence-electron chi connectivity index (χ1n) is 6.91. The van der Waals surface area contributed by atoms with Crippen molar-refractivity contribution in [1.29, 1.82) is 0 Å². The van der Waals surface area contributed by atoms with Gasteiger partial charge in [0, 0.05) is 30.6 Å². The summed E-state index contributed by atoms with van der Waals surface area (Å²) in [4.78, 5) is 14.6. The van der Waals surface area contributed by atoms with Gasteiger partial charge in [0.15, 0.2) is 0 Å². The number of benzene rings is 1. The summed E-state index contributed by atoms with van der Waals surface area (Å²) in [7, 11) is 0. The number of nitrogens with two attached hydrogens (primary N) is 1. The third-order valence-electron chi connectivity index (χ3n) is 3.64. The molecule has 0 saturated carbocycles. The third-order valence-corrected chi connectivity index (χ3v) is 5.01. The Balaban J connectivity index is 0.00000200. The van der Waals surface area contributed by atoms with Gasteiger partial charge >= 0.3 is 0 Å². The zero-order valence-electron chi connectivity index (χ0n) is 11.8. The van der Waals surface area contributed by atoms with Gasteiger partial charge in [0.05, 0.1) is 5.92 Å². The quantitative estimate of drug-likeness (QED) is 0.929. The highest BCUT2D eigenvalue weighted by Gasteiger charge is 2.28. The molecule has 1 aromatic rings. The molecule has 20 heavy (non-hydrogen) atoms. The van der Waals surface area contributed by atoms with Gasteiger partial charge in [-0.2, -0.15) is 11.8 Å². The lowest BCUT2D eigenvalue weighted by Crippen LogP contribution is -2.45. The van der Waals surface area contributed by atoms with Crippen LogP contribution < -0.4 is 5.73 Å². The average Bonchev–Trinajstić information content (AvgIpc) is 2.49. The van der Waals surface area contributed by atoms with Gasteiger partial charge in [-0.3, -0.25) is 4.79 Å². The fourth-order valence-corrected chi connectivity index (χ4v) is 3.63. The lowest BCUT2D eigenvalue weighted by atomic mass is 9.97. The molecule has 0 spiro atoms. The summed E-state index contributed by atoms with van der Waals surface area (Å²) in [5.74, 6) is 1.03. The second kappa shape index (κ2) is 8.55. The van der Waals surface area contributed by atoms with Gasteiger partial charge in [-0.05, 0) is 12.0 Å². The standard InChI is InChI=1S/C15H22N2OS.ClH/c1-2-13-11-17(8-9-19-13)15(18)14(10-16)12-6-4-3-5-7-12;/h3-7,13-14H,2,8-11,16H2,1H3;1H. The molecule has 1 saturated heterocycles. The number of carbonyl (C=O) groups is 1. The van der Waals surface area contributed by atoms with Gasteiger partial charge in [0.1, 0.15) is 0 Å². The van der Waals surface area contributed by atoms with Crippen LogP contribution in [0.25, 0.3) is 0 Å². The number of hydrogen-bond acceptors (Lipinski definition) is 3. The second-order valence-electron chi connectivity index (χ2n) is 4.88. The van der Waals surface area contributed by atoms with Crippen LogP contribution in [0.4, 0.5) is 0 Å². The molecule has 1 fully saturated rings. The summed E-state index contributed by atoms with van der Waals surface area (Å²) < 4.78 is 0. The molecule has 3 nitrogen and oxygen atoms in total. The monoisotopic (exact) mass is 314 g/mol. The minimum absolute atomic E-state index is 0. The molecule has 1 aliphatic heterocycles. The van der Waals surface area contributed by atoms with Crippen molar-refractivity contribution >= 4 is 30.1 Å². The predicted octanol–water partition coefficient (Wildman–Crippen LogP) is 2.50. The van der Waals surface area contributed by atoms with Crippen LogP contribution in [-0.4, -0.2) is 41.4 Å². The van der Waals surface area contributed by atoms with Crippen LogP contribution in [0.2, 0.25) is 0 Å². The average molecular weight is 315 g/mol. The van der Waals surface area contributed by atoms with Crippen molar-refractivity contribution in [2.24, 2.45) is 5.73 Å². The first-order valence-corrected chi connectivity index (χ1v) is 7.96. The molecule has 2 atom stereocenters. The van der Waals surface area contributed by atoms with Crippen molar-refractivity contribution in [3.63, 3.8) is 0 Å². The van der Waals surface area contributed by atoms with E-state index in [1.165, 1.54) is 0 Å². The number of halogens is 1. The highest BCUT2D eigenvalue weighted by molar-refractivity contribution is 8.00. The van der Waals surface area contributed by atoms with E-state index in [9.17, 15) is 4.79 Å². The fourth-order valence-electron chi connectivity index (χ4n) is 2.45. The van der Waals surface area contributed by atoms with Crippen molar-refractivity contribution in [2.75, 3.05) is 25.4 Å². The Morgan fingerprint density at radius 2 is 2.15 bits per heavy atom. The van der Waals surface area contributed by atoms with E-state index in [1.54, 1.807) is 0 Å². The van der Waals surface area contributed by atoms with Crippen LogP contribution in [0.15, 0.2) is 30.3 Å². The normalized spacial score (nSPS) is 20.1. The topological polar surface area (TPSA) is 46.3 Å². The van der Waals surface area contributed by atoms with Crippen molar-refractivity contribution < 1.29 is 4.79 Å². The molecule has 1 heterocycles. The van der Waals surface area contributed by atoms with Gasteiger partial charge in [0.25, 0.3) is 0 Å². The molecular formula is C15H23ClN2OS. The Kier molecular flexibility index (Phi) is 7.41. The number of carbonyl (C=O) groups excluding carboxylic acids is 1. The molecule has 0 aromatic heterocycles. The van der Waals surface area contributed by atoms with E-state index < -0.39 is 0 Å². The Labute approximate surface area is 131 Å². The van der Waals surface area contributed by atoms with Gasteiger partial charge in [-0.1, -0.05) is 37.3 Å². The van der Waals surface area contributed by atoms with Crippen LogP contribution >= 0.6 is 24.2 Å². The summed E-state index contributed by atoms with van der Waals surface area (Å²) in [5, 5.41) is 0.576.